The number of rotatable bonds is 3. The average Bonchev–Trinajstić information content (AvgIpc) is 2.58. The molecular weight excluding hydrogens is 180 g/mol. The molecule has 0 amide bonds. The Morgan fingerprint density at radius 3 is 2.47 bits per heavy atom. The van der Waals surface area contributed by atoms with Gasteiger partial charge in [0, 0.05) is 6.42 Å². The van der Waals surface area contributed by atoms with Crippen molar-refractivity contribution in [3.05, 3.63) is 29.2 Å². The molecule has 2 rings (SSSR count). The van der Waals surface area contributed by atoms with Crippen LogP contribution in [0.25, 0.3) is 0 Å². The van der Waals surface area contributed by atoms with Gasteiger partial charge in [0.2, 0.25) is 0 Å². The zero-order valence-electron chi connectivity index (χ0n) is 10.3. The molecule has 0 bridgehead atoms. The summed E-state index contributed by atoms with van der Waals surface area (Å²) in [7, 11) is 0. The summed E-state index contributed by atoms with van der Waals surface area (Å²) < 4.78 is 0. The van der Waals surface area contributed by atoms with Crippen molar-refractivity contribution in [1.82, 2.24) is 0 Å². The molecule has 1 radical (unpaired) electrons. The fourth-order valence-corrected chi connectivity index (χ4v) is 2.68. The molecule has 2 unspecified atom stereocenters. The quantitative estimate of drug-likeness (QED) is 0.624. The topological polar surface area (TPSA) is 0 Å². The minimum atomic E-state index is 0.874. The summed E-state index contributed by atoms with van der Waals surface area (Å²) in [6, 6.07) is 0. The lowest BCUT2D eigenvalue weighted by molar-refractivity contribution is 0.365. The maximum Gasteiger partial charge on any atom is 0.0119 e. The molecule has 2 aliphatic carbocycles. The third-order valence-electron chi connectivity index (χ3n) is 4.01. The van der Waals surface area contributed by atoms with Crippen LogP contribution in [0.5, 0.6) is 0 Å². The van der Waals surface area contributed by atoms with Gasteiger partial charge in [-0.3, -0.25) is 0 Å². The smallest absolute Gasteiger partial charge is 0.0119 e. The van der Waals surface area contributed by atoms with Gasteiger partial charge in [-0.2, -0.15) is 0 Å². The predicted molar refractivity (Wildman–Crippen MR) is 66.5 cm³/mol. The lowest BCUT2D eigenvalue weighted by atomic mass is 9.78. The van der Waals surface area contributed by atoms with Crippen molar-refractivity contribution in [2.24, 2.45) is 11.8 Å². The SMILES string of the molecule is CCCCC1=CC2=C([CH]1)CC(C)C(C)C2. The third kappa shape index (κ3) is 2.35. The van der Waals surface area contributed by atoms with E-state index in [2.05, 4.69) is 33.3 Å². The number of unbranched alkanes of at least 4 members (excludes halogenated alkanes) is 1. The molecule has 0 heteroatoms. The summed E-state index contributed by atoms with van der Waals surface area (Å²) in [6.07, 6.45) is 11.5. The van der Waals surface area contributed by atoms with E-state index in [1.807, 2.05) is 0 Å². The Balaban J connectivity index is 1.98. The Morgan fingerprint density at radius 1 is 1.13 bits per heavy atom. The largest absolute Gasteiger partial charge is 0.0654 e. The average molecular weight is 203 g/mol. The van der Waals surface area contributed by atoms with Gasteiger partial charge in [0.25, 0.3) is 0 Å². The van der Waals surface area contributed by atoms with E-state index in [0.29, 0.717) is 0 Å². The summed E-state index contributed by atoms with van der Waals surface area (Å²) in [5, 5.41) is 0. The van der Waals surface area contributed by atoms with E-state index in [4.69, 9.17) is 0 Å². The van der Waals surface area contributed by atoms with Gasteiger partial charge in [0.15, 0.2) is 0 Å². The fraction of sp³-hybridized carbons (Fsp3) is 0.667. The number of hydrogen-bond acceptors (Lipinski definition) is 0. The lowest BCUT2D eigenvalue weighted by Crippen LogP contribution is -2.14. The molecule has 0 fully saturated rings. The predicted octanol–water partition coefficient (Wildman–Crippen LogP) is 4.68. The van der Waals surface area contributed by atoms with E-state index in [-0.39, 0.29) is 0 Å². The van der Waals surface area contributed by atoms with Crippen molar-refractivity contribution in [3.8, 4) is 0 Å². The minimum Gasteiger partial charge on any atom is -0.0654 e. The van der Waals surface area contributed by atoms with Crippen LogP contribution in [0.4, 0.5) is 0 Å². The van der Waals surface area contributed by atoms with E-state index < -0.39 is 0 Å². The van der Waals surface area contributed by atoms with Crippen LogP contribution in [0.15, 0.2) is 22.8 Å². The molecule has 83 valence electrons. The Morgan fingerprint density at radius 2 is 1.80 bits per heavy atom. The molecule has 15 heavy (non-hydrogen) atoms. The van der Waals surface area contributed by atoms with E-state index in [0.717, 1.165) is 11.8 Å². The van der Waals surface area contributed by atoms with Crippen molar-refractivity contribution >= 4 is 0 Å². The van der Waals surface area contributed by atoms with Gasteiger partial charge >= 0.3 is 0 Å². The molecule has 2 atom stereocenters. The normalized spacial score (nSPS) is 30.5. The molecule has 0 N–H and O–H groups in total. The van der Waals surface area contributed by atoms with E-state index in [1.165, 1.54) is 32.1 Å². The molecule has 0 saturated heterocycles. The summed E-state index contributed by atoms with van der Waals surface area (Å²) in [5.41, 5.74) is 4.88. The highest BCUT2D eigenvalue weighted by Gasteiger charge is 2.26. The standard InChI is InChI=1S/C15H23/c1-4-5-6-13-9-14-7-11(2)12(3)8-15(14)10-13/h9-12H,4-8H2,1-3H3. The van der Waals surface area contributed by atoms with Gasteiger partial charge in [-0.1, -0.05) is 44.4 Å². The van der Waals surface area contributed by atoms with Crippen LogP contribution in [0.3, 0.4) is 0 Å². The van der Waals surface area contributed by atoms with Crippen LogP contribution in [-0.2, 0) is 0 Å². The van der Waals surface area contributed by atoms with Gasteiger partial charge in [-0.15, -0.1) is 0 Å². The lowest BCUT2D eigenvalue weighted by Gasteiger charge is -2.27. The Bertz CT molecular complexity index is 293. The minimum absolute atomic E-state index is 0.874. The van der Waals surface area contributed by atoms with E-state index >= 15 is 0 Å². The van der Waals surface area contributed by atoms with Crippen molar-refractivity contribution in [2.75, 3.05) is 0 Å². The molecular formula is C15H23. The Kier molecular flexibility index (Phi) is 3.33. The molecule has 0 aromatic heterocycles. The van der Waals surface area contributed by atoms with Gasteiger partial charge in [-0.05, 0) is 43.1 Å². The van der Waals surface area contributed by atoms with Crippen LogP contribution in [0, 0.1) is 18.3 Å². The van der Waals surface area contributed by atoms with Crippen LogP contribution in [-0.4, -0.2) is 0 Å². The van der Waals surface area contributed by atoms with E-state index in [9.17, 15) is 0 Å². The molecule has 0 aromatic rings. The zero-order chi connectivity index (χ0) is 10.8. The van der Waals surface area contributed by atoms with Crippen LogP contribution in [0.1, 0.15) is 52.9 Å². The number of hydrogen-bond donors (Lipinski definition) is 0. The van der Waals surface area contributed by atoms with Crippen LogP contribution < -0.4 is 0 Å². The number of allylic oxidation sites excluding steroid dienone is 4. The first-order chi connectivity index (χ1) is 7.20. The maximum absolute atomic E-state index is 2.47. The molecule has 0 nitrogen and oxygen atoms in total. The van der Waals surface area contributed by atoms with Crippen LogP contribution in [0.2, 0.25) is 0 Å². The first-order valence-electron chi connectivity index (χ1n) is 6.48. The van der Waals surface area contributed by atoms with E-state index in [1.54, 1.807) is 16.7 Å². The highest BCUT2D eigenvalue weighted by atomic mass is 14.3. The molecule has 2 aliphatic rings. The summed E-state index contributed by atoms with van der Waals surface area (Å²) in [4.78, 5) is 0. The highest BCUT2D eigenvalue weighted by Crippen LogP contribution is 2.41. The van der Waals surface area contributed by atoms with Crippen LogP contribution >= 0.6 is 0 Å². The highest BCUT2D eigenvalue weighted by molar-refractivity contribution is 5.49. The summed E-state index contributed by atoms with van der Waals surface area (Å²) >= 11 is 0. The van der Waals surface area contributed by atoms with Crippen molar-refractivity contribution < 1.29 is 0 Å². The molecule has 0 aliphatic heterocycles. The first-order valence-corrected chi connectivity index (χ1v) is 6.48. The second-order valence-electron chi connectivity index (χ2n) is 5.38. The summed E-state index contributed by atoms with van der Waals surface area (Å²) in [5.74, 6) is 1.75. The molecule has 0 saturated carbocycles. The Labute approximate surface area is 94.5 Å². The zero-order valence-corrected chi connectivity index (χ0v) is 10.3. The second-order valence-corrected chi connectivity index (χ2v) is 5.38. The van der Waals surface area contributed by atoms with Crippen molar-refractivity contribution in [3.63, 3.8) is 0 Å². The Hall–Kier alpha value is -0.520. The third-order valence-corrected chi connectivity index (χ3v) is 4.01. The fourth-order valence-electron chi connectivity index (χ4n) is 2.68. The van der Waals surface area contributed by atoms with Gasteiger partial charge in [0.1, 0.15) is 0 Å². The van der Waals surface area contributed by atoms with Crippen molar-refractivity contribution in [2.45, 2.75) is 52.9 Å². The maximum atomic E-state index is 2.47. The van der Waals surface area contributed by atoms with Gasteiger partial charge in [-0.25, -0.2) is 0 Å². The first kappa shape index (κ1) is 11.0. The van der Waals surface area contributed by atoms with Crippen molar-refractivity contribution in [1.29, 1.82) is 0 Å². The second kappa shape index (κ2) is 4.55. The van der Waals surface area contributed by atoms with Gasteiger partial charge in [0.05, 0.1) is 0 Å². The molecule has 0 heterocycles. The van der Waals surface area contributed by atoms with Gasteiger partial charge < -0.3 is 0 Å². The molecule has 0 spiro atoms. The molecule has 0 aromatic carbocycles. The summed E-state index contributed by atoms with van der Waals surface area (Å²) in [6.45, 7) is 7.06. The monoisotopic (exact) mass is 203 g/mol.